The van der Waals surface area contributed by atoms with Crippen molar-refractivity contribution in [1.29, 1.82) is 0 Å². The number of aryl methyl sites for hydroxylation is 1. The van der Waals surface area contributed by atoms with Crippen molar-refractivity contribution in [2.24, 2.45) is 5.41 Å². The van der Waals surface area contributed by atoms with Crippen LogP contribution in [0.5, 0.6) is 0 Å². The number of carbonyl (C=O) groups is 1. The molecule has 0 aliphatic heterocycles. The summed E-state index contributed by atoms with van der Waals surface area (Å²) >= 11 is 1.61. The molecule has 0 aromatic carbocycles. The quantitative estimate of drug-likeness (QED) is 0.859. The topological polar surface area (TPSA) is 50.2 Å². The van der Waals surface area contributed by atoms with Gasteiger partial charge in [-0.15, -0.1) is 11.3 Å². The minimum absolute atomic E-state index is 0.499. The number of thiazole rings is 1. The molecule has 1 saturated carbocycles. The minimum atomic E-state index is -0.647. The summed E-state index contributed by atoms with van der Waals surface area (Å²) in [5, 5.41) is 12.3. The van der Waals surface area contributed by atoms with Crippen LogP contribution in [-0.4, -0.2) is 16.1 Å². The van der Waals surface area contributed by atoms with Gasteiger partial charge in [0.25, 0.3) is 0 Å². The molecule has 0 atom stereocenters. The van der Waals surface area contributed by atoms with Crippen LogP contribution in [-0.2, 0) is 17.6 Å². The van der Waals surface area contributed by atoms with Gasteiger partial charge in [0.15, 0.2) is 0 Å². The van der Waals surface area contributed by atoms with Gasteiger partial charge in [-0.25, -0.2) is 4.98 Å². The molecule has 0 saturated heterocycles. The average Bonchev–Trinajstić information content (AvgIpc) is 2.59. The van der Waals surface area contributed by atoms with Crippen molar-refractivity contribution >= 4 is 17.3 Å². The Hall–Kier alpha value is -0.900. The van der Waals surface area contributed by atoms with Gasteiger partial charge in [-0.2, -0.15) is 0 Å². The first kappa shape index (κ1) is 11.6. The number of hydrogen-bond donors (Lipinski definition) is 1. The van der Waals surface area contributed by atoms with Crippen molar-refractivity contribution in [3.8, 4) is 0 Å². The highest BCUT2D eigenvalue weighted by Crippen LogP contribution is 2.44. The van der Waals surface area contributed by atoms with Crippen molar-refractivity contribution in [3.05, 3.63) is 16.1 Å². The van der Waals surface area contributed by atoms with E-state index in [-0.39, 0.29) is 0 Å². The van der Waals surface area contributed by atoms with Crippen LogP contribution in [0.3, 0.4) is 0 Å². The Bertz CT molecular complexity index is 382. The van der Waals surface area contributed by atoms with Crippen LogP contribution in [0.15, 0.2) is 5.38 Å². The van der Waals surface area contributed by atoms with Crippen molar-refractivity contribution in [2.45, 2.75) is 45.4 Å². The summed E-state index contributed by atoms with van der Waals surface area (Å²) in [4.78, 5) is 15.7. The summed E-state index contributed by atoms with van der Waals surface area (Å²) in [6.45, 7) is 2.13. The average molecular weight is 239 g/mol. The first-order valence-electron chi connectivity index (χ1n) is 5.83. The first-order chi connectivity index (χ1) is 7.66. The van der Waals surface area contributed by atoms with Crippen LogP contribution in [0, 0.1) is 5.41 Å². The summed E-state index contributed by atoms with van der Waals surface area (Å²) in [5.41, 5.74) is 0.615. The normalized spacial score (nSPS) is 18.1. The van der Waals surface area contributed by atoms with E-state index in [1.165, 1.54) is 0 Å². The Balaban J connectivity index is 2.05. The number of hydrogen-bond acceptors (Lipinski definition) is 3. The van der Waals surface area contributed by atoms with E-state index in [1.807, 2.05) is 0 Å². The molecule has 1 aliphatic rings. The van der Waals surface area contributed by atoms with Crippen molar-refractivity contribution in [2.75, 3.05) is 0 Å². The SMILES string of the molecule is CCCc1csc(CC2(C(=O)O)CCC2)n1. The number of nitrogens with zero attached hydrogens (tertiary/aromatic N) is 1. The molecule has 2 rings (SSSR count). The van der Waals surface area contributed by atoms with Crippen LogP contribution in [0.25, 0.3) is 0 Å². The lowest BCUT2D eigenvalue weighted by atomic mass is 9.67. The van der Waals surface area contributed by atoms with Gasteiger partial charge in [0.2, 0.25) is 0 Å². The highest BCUT2D eigenvalue weighted by Gasteiger charge is 2.44. The Morgan fingerprint density at radius 3 is 2.88 bits per heavy atom. The predicted molar refractivity (Wildman–Crippen MR) is 63.7 cm³/mol. The molecule has 0 amide bonds. The third-order valence-corrected chi connectivity index (χ3v) is 4.26. The molecule has 1 N–H and O–H groups in total. The lowest BCUT2D eigenvalue weighted by Crippen LogP contribution is -2.39. The third-order valence-electron chi connectivity index (χ3n) is 3.36. The van der Waals surface area contributed by atoms with Gasteiger partial charge >= 0.3 is 5.97 Å². The molecule has 88 valence electrons. The molecule has 1 aromatic heterocycles. The molecule has 1 aliphatic carbocycles. The van der Waals surface area contributed by atoms with Gasteiger partial charge in [-0.1, -0.05) is 19.8 Å². The first-order valence-corrected chi connectivity index (χ1v) is 6.71. The molecule has 1 heterocycles. The van der Waals surface area contributed by atoms with E-state index in [4.69, 9.17) is 0 Å². The van der Waals surface area contributed by atoms with Crippen molar-refractivity contribution in [1.82, 2.24) is 4.98 Å². The second kappa shape index (κ2) is 4.53. The van der Waals surface area contributed by atoms with Crippen molar-refractivity contribution in [3.63, 3.8) is 0 Å². The van der Waals surface area contributed by atoms with Gasteiger partial charge < -0.3 is 5.11 Å². The highest BCUT2D eigenvalue weighted by molar-refractivity contribution is 7.09. The standard InChI is InChI=1S/C12H17NO2S/c1-2-4-9-8-16-10(13-9)7-12(11(14)15)5-3-6-12/h8H,2-7H2,1H3,(H,14,15). The molecule has 16 heavy (non-hydrogen) atoms. The summed E-state index contributed by atoms with van der Waals surface area (Å²) < 4.78 is 0. The molecule has 4 heteroatoms. The van der Waals surface area contributed by atoms with Gasteiger partial charge in [0.05, 0.1) is 16.1 Å². The Labute approximate surface area is 99.5 Å². The zero-order valence-electron chi connectivity index (χ0n) is 9.53. The number of carboxylic acid groups (broad SMARTS) is 1. The van der Waals surface area contributed by atoms with Crippen LogP contribution in [0.4, 0.5) is 0 Å². The van der Waals surface area contributed by atoms with E-state index < -0.39 is 11.4 Å². The second-order valence-corrected chi connectivity index (χ2v) is 5.54. The lowest BCUT2D eigenvalue weighted by molar-refractivity contribution is -0.154. The van der Waals surface area contributed by atoms with E-state index in [2.05, 4.69) is 17.3 Å². The molecule has 1 aromatic rings. The Kier molecular flexibility index (Phi) is 3.28. The number of carboxylic acids is 1. The molecule has 0 bridgehead atoms. The summed E-state index contributed by atoms with van der Waals surface area (Å²) in [5.74, 6) is -0.647. The summed E-state index contributed by atoms with van der Waals surface area (Å²) in [7, 11) is 0. The zero-order valence-corrected chi connectivity index (χ0v) is 10.3. The van der Waals surface area contributed by atoms with Gasteiger partial charge in [0.1, 0.15) is 0 Å². The summed E-state index contributed by atoms with van der Waals surface area (Å²) in [6, 6.07) is 0. The maximum Gasteiger partial charge on any atom is 0.310 e. The molecular weight excluding hydrogens is 222 g/mol. The molecule has 1 fully saturated rings. The maximum atomic E-state index is 11.2. The minimum Gasteiger partial charge on any atom is -0.481 e. The monoisotopic (exact) mass is 239 g/mol. The van der Waals surface area contributed by atoms with Crippen LogP contribution < -0.4 is 0 Å². The molecular formula is C12H17NO2S. The van der Waals surface area contributed by atoms with E-state index in [9.17, 15) is 9.90 Å². The van der Waals surface area contributed by atoms with Crippen LogP contribution in [0.1, 0.15) is 43.3 Å². The Morgan fingerprint density at radius 1 is 1.62 bits per heavy atom. The van der Waals surface area contributed by atoms with Crippen LogP contribution in [0.2, 0.25) is 0 Å². The number of aromatic nitrogens is 1. The fourth-order valence-electron chi connectivity index (χ4n) is 2.16. The van der Waals surface area contributed by atoms with Crippen LogP contribution >= 0.6 is 11.3 Å². The lowest BCUT2D eigenvalue weighted by Gasteiger charge is -2.36. The molecule has 3 nitrogen and oxygen atoms in total. The largest absolute Gasteiger partial charge is 0.481 e. The highest BCUT2D eigenvalue weighted by atomic mass is 32.1. The van der Waals surface area contributed by atoms with Gasteiger partial charge in [-0.3, -0.25) is 4.79 Å². The predicted octanol–water partition coefficient (Wildman–Crippen LogP) is 2.89. The Morgan fingerprint density at radius 2 is 2.38 bits per heavy atom. The smallest absolute Gasteiger partial charge is 0.310 e. The van der Waals surface area contributed by atoms with Gasteiger partial charge in [0, 0.05) is 11.8 Å². The van der Waals surface area contributed by atoms with E-state index >= 15 is 0 Å². The van der Waals surface area contributed by atoms with E-state index in [0.29, 0.717) is 6.42 Å². The fraction of sp³-hybridized carbons (Fsp3) is 0.667. The number of rotatable bonds is 5. The fourth-order valence-corrected chi connectivity index (χ4v) is 3.13. The van der Waals surface area contributed by atoms with E-state index in [1.54, 1.807) is 11.3 Å². The molecule has 0 spiro atoms. The summed E-state index contributed by atoms with van der Waals surface area (Å²) in [6.07, 6.45) is 5.37. The maximum absolute atomic E-state index is 11.2. The number of aliphatic carboxylic acids is 1. The van der Waals surface area contributed by atoms with Gasteiger partial charge in [-0.05, 0) is 19.3 Å². The van der Waals surface area contributed by atoms with Crippen molar-refractivity contribution < 1.29 is 9.90 Å². The molecule has 0 unspecified atom stereocenters. The van der Waals surface area contributed by atoms with E-state index in [0.717, 1.165) is 42.8 Å². The zero-order chi connectivity index (χ0) is 11.6. The molecule has 0 radical (unpaired) electrons. The second-order valence-electron chi connectivity index (χ2n) is 4.60. The third kappa shape index (κ3) is 2.12.